The van der Waals surface area contributed by atoms with Crippen LogP contribution in [-0.4, -0.2) is 42.5 Å². The van der Waals surface area contributed by atoms with Gasteiger partial charge in [0.1, 0.15) is 5.75 Å². The monoisotopic (exact) mass is 395 g/mol. The van der Waals surface area contributed by atoms with E-state index in [1.807, 2.05) is 36.1 Å². The first-order valence-electron chi connectivity index (χ1n) is 10.2. The SMILES string of the molecule is CCC(C)Oc1ccc(NCC(=O)Nc2cccc(C(=O)N3CCCC3)c2)cc1. The minimum Gasteiger partial charge on any atom is -0.491 e. The van der Waals surface area contributed by atoms with Crippen LogP contribution in [0.2, 0.25) is 0 Å². The molecule has 0 bridgehead atoms. The molecule has 0 aliphatic carbocycles. The first-order chi connectivity index (χ1) is 14.0. The number of likely N-dealkylation sites (tertiary alicyclic amines) is 1. The molecule has 0 aromatic heterocycles. The molecule has 1 atom stereocenters. The van der Waals surface area contributed by atoms with E-state index in [9.17, 15) is 9.59 Å². The molecule has 3 rings (SSSR count). The summed E-state index contributed by atoms with van der Waals surface area (Å²) >= 11 is 0. The summed E-state index contributed by atoms with van der Waals surface area (Å²) in [7, 11) is 0. The lowest BCUT2D eigenvalue weighted by Crippen LogP contribution is -2.27. The van der Waals surface area contributed by atoms with Crippen LogP contribution in [0.25, 0.3) is 0 Å². The number of amides is 2. The van der Waals surface area contributed by atoms with E-state index in [0.717, 1.165) is 43.8 Å². The van der Waals surface area contributed by atoms with Crippen molar-refractivity contribution >= 4 is 23.2 Å². The van der Waals surface area contributed by atoms with Crippen LogP contribution in [0.4, 0.5) is 11.4 Å². The average molecular weight is 396 g/mol. The molecule has 1 fully saturated rings. The lowest BCUT2D eigenvalue weighted by Gasteiger charge is -2.16. The minimum absolute atomic E-state index is 0.0245. The number of nitrogens with one attached hydrogen (secondary N) is 2. The van der Waals surface area contributed by atoms with Gasteiger partial charge in [-0.05, 0) is 68.7 Å². The van der Waals surface area contributed by atoms with Gasteiger partial charge >= 0.3 is 0 Å². The van der Waals surface area contributed by atoms with Gasteiger partial charge in [0.2, 0.25) is 5.91 Å². The van der Waals surface area contributed by atoms with Gasteiger partial charge in [-0.15, -0.1) is 0 Å². The van der Waals surface area contributed by atoms with E-state index >= 15 is 0 Å². The molecule has 6 heteroatoms. The predicted octanol–water partition coefficient (Wildman–Crippen LogP) is 4.15. The van der Waals surface area contributed by atoms with Crippen molar-refractivity contribution in [2.75, 3.05) is 30.3 Å². The molecule has 29 heavy (non-hydrogen) atoms. The second kappa shape index (κ2) is 9.96. The average Bonchev–Trinajstić information content (AvgIpc) is 3.27. The first-order valence-corrected chi connectivity index (χ1v) is 10.2. The Kier molecular flexibility index (Phi) is 7.11. The largest absolute Gasteiger partial charge is 0.491 e. The maximum Gasteiger partial charge on any atom is 0.253 e. The van der Waals surface area contributed by atoms with Crippen LogP contribution in [0, 0.1) is 0 Å². The van der Waals surface area contributed by atoms with Gasteiger partial charge in [0.25, 0.3) is 5.91 Å². The molecular formula is C23H29N3O3. The molecule has 2 aromatic carbocycles. The van der Waals surface area contributed by atoms with Crippen molar-refractivity contribution in [3.8, 4) is 5.75 Å². The van der Waals surface area contributed by atoms with Crippen LogP contribution in [0.15, 0.2) is 48.5 Å². The molecule has 1 aliphatic rings. The van der Waals surface area contributed by atoms with E-state index in [4.69, 9.17) is 4.74 Å². The highest BCUT2D eigenvalue weighted by atomic mass is 16.5. The highest BCUT2D eigenvalue weighted by Crippen LogP contribution is 2.18. The normalized spacial score (nSPS) is 14.3. The molecular weight excluding hydrogens is 366 g/mol. The standard InChI is InChI=1S/C23H29N3O3/c1-3-17(2)29-21-11-9-19(10-12-21)24-16-22(27)25-20-8-6-7-18(15-20)23(28)26-13-4-5-14-26/h6-12,15,17,24H,3-5,13-14,16H2,1-2H3,(H,25,27). The molecule has 0 spiro atoms. The topological polar surface area (TPSA) is 70.7 Å². The van der Waals surface area contributed by atoms with Gasteiger partial charge in [-0.1, -0.05) is 13.0 Å². The Morgan fingerprint density at radius 2 is 1.79 bits per heavy atom. The number of nitrogens with zero attached hydrogens (tertiary/aromatic N) is 1. The molecule has 0 radical (unpaired) electrons. The Morgan fingerprint density at radius 1 is 1.07 bits per heavy atom. The molecule has 1 aliphatic heterocycles. The summed E-state index contributed by atoms with van der Waals surface area (Å²) in [5, 5.41) is 5.94. The molecule has 2 aromatic rings. The third kappa shape index (κ3) is 5.98. The number of ether oxygens (including phenoxy) is 1. The van der Waals surface area contributed by atoms with Gasteiger partial charge in [-0.2, -0.15) is 0 Å². The number of carbonyl (C=O) groups excluding carboxylic acids is 2. The Morgan fingerprint density at radius 3 is 2.48 bits per heavy atom. The smallest absolute Gasteiger partial charge is 0.253 e. The second-order valence-corrected chi connectivity index (χ2v) is 7.34. The van der Waals surface area contributed by atoms with E-state index in [-0.39, 0.29) is 24.5 Å². The fraction of sp³-hybridized carbons (Fsp3) is 0.391. The van der Waals surface area contributed by atoms with Crippen LogP contribution >= 0.6 is 0 Å². The van der Waals surface area contributed by atoms with Crippen LogP contribution in [0.3, 0.4) is 0 Å². The van der Waals surface area contributed by atoms with Crippen LogP contribution < -0.4 is 15.4 Å². The van der Waals surface area contributed by atoms with Gasteiger partial charge in [0.15, 0.2) is 0 Å². The molecule has 6 nitrogen and oxygen atoms in total. The van der Waals surface area contributed by atoms with Gasteiger partial charge in [-0.25, -0.2) is 0 Å². The number of rotatable bonds is 8. The number of hydrogen-bond acceptors (Lipinski definition) is 4. The number of carbonyl (C=O) groups is 2. The zero-order valence-corrected chi connectivity index (χ0v) is 17.1. The van der Waals surface area contributed by atoms with Crippen LogP contribution in [-0.2, 0) is 4.79 Å². The third-order valence-electron chi connectivity index (χ3n) is 5.01. The zero-order chi connectivity index (χ0) is 20.6. The Bertz CT molecular complexity index is 830. The summed E-state index contributed by atoms with van der Waals surface area (Å²) in [6.07, 6.45) is 3.23. The molecule has 1 heterocycles. The summed E-state index contributed by atoms with van der Waals surface area (Å²) in [5.41, 5.74) is 2.07. The van der Waals surface area contributed by atoms with Crippen molar-refractivity contribution < 1.29 is 14.3 Å². The quantitative estimate of drug-likeness (QED) is 0.704. The van der Waals surface area contributed by atoms with Crippen molar-refractivity contribution in [3.63, 3.8) is 0 Å². The predicted molar refractivity (Wildman–Crippen MR) is 116 cm³/mol. The Labute approximate surface area is 172 Å². The van der Waals surface area contributed by atoms with Crippen LogP contribution in [0.1, 0.15) is 43.5 Å². The number of hydrogen-bond donors (Lipinski definition) is 2. The first kappa shape index (κ1) is 20.7. The van der Waals surface area contributed by atoms with Gasteiger partial charge in [0.05, 0.1) is 12.6 Å². The number of anilines is 2. The summed E-state index contributed by atoms with van der Waals surface area (Å²) in [4.78, 5) is 26.6. The number of benzene rings is 2. The molecule has 1 unspecified atom stereocenters. The highest BCUT2D eigenvalue weighted by Gasteiger charge is 2.19. The van der Waals surface area contributed by atoms with Gasteiger partial charge in [-0.3, -0.25) is 9.59 Å². The molecule has 2 amide bonds. The molecule has 0 saturated carbocycles. The lowest BCUT2D eigenvalue weighted by molar-refractivity contribution is -0.114. The van der Waals surface area contributed by atoms with Crippen LogP contribution in [0.5, 0.6) is 5.75 Å². The Balaban J connectivity index is 1.50. The maximum atomic E-state index is 12.5. The third-order valence-corrected chi connectivity index (χ3v) is 5.01. The summed E-state index contributed by atoms with van der Waals surface area (Å²) in [6, 6.07) is 14.7. The van der Waals surface area contributed by atoms with E-state index < -0.39 is 0 Å². The van der Waals surface area contributed by atoms with Gasteiger partial charge in [0, 0.05) is 30.0 Å². The van der Waals surface area contributed by atoms with Gasteiger partial charge < -0.3 is 20.3 Å². The van der Waals surface area contributed by atoms with Crippen molar-refractivity contribution in [1.29, 1.82) is 0 Å². The van der Waals surface area contributed by atoms with Crippen molar-refractivity contribution in [1.82, 2.24) is 4.90 Å². The summed E-state index contributed by atoms with van der Waals surface area (Å²) in [6.45, 7) is 5.86. The van der Waals surface area contributed by atoms with E-state index in [1.54, 1.807) is 24.3 Å². The molecule has 154 valence electrons. The zero-order valence-electron chi connectivity index (χ0n) is 17.1. The molecule has 1 saturated heterocycles. The maximum absolute atomic E-state index is 12.5. The fourth-order valence-corrected chi connectivity index (χ4v) is 3.19. The fourth-order valence-electron chi connectivity index (χ4n) is 3.19. The van der Waals surface area contributed by atoms with Crippen molar-refractivity contribution in [3.05, 3.63) is 54.1 Å². The van der Waals surface area contributed by atoms with E-state index in [1.165, 1.54) is 0 Å². The van der Waals surface area contributed by atoms with Crippen molar-refractivity contribution in [2.24, 2.45) is 0 Å². The molecule has 2 N–H and O–H groups in total. The minimum atomic E-state index is -0.171. The summed E-state index contributed by atoms with van der Waals surface area (Å²) in [5.74, 6) is 0.668. The summed E-state index contributed by atoms with van der Waals surface area (Å²) < 4.78 is 5.75. The van der Waals surface area contributed by atoms with E-state index in [2.05, 4.69) is 17.6 Å². The Hall–Kier alpha value is -3.02. The van der Waals surface area contributed by atoms with Crippen molar-refractivity contribution in [2.45, 2.75) is 39.2 Å². The van der Waals surface area contributed by atoms with E-state index in [0.29, 0.717) is 11.3 Å². The highest BCUT2D eigenvalue weighted by molar-refractivity contribution is 5.98. The second-order valence-electron chi connectivity index (χ2n) is 7.34. The lowest BCUT2D eigenvalue weighted by atomic mass is 10.1.